The number of amides is 2. The molecule has 0 fully saturated rings. The Morgan fingerprint density at radius 3 is 1.79 bits per heavy atom. The van der Waals surface area contributed by atoms with Gasteiger partial charge in [0.25, 0.3) is 0 Å². The molecule has 0 heterocycles. The number of carbonyl (C=O) groups is 2. The highest BCUT2D eigenvalue weighted by atomic mass is 35.5. The van der Waals surface area contributed by atoms with E-state index in [2.05, 4.69) is 10.6 Å². The topological polar surface area (TPSA) is 93.5 Å². The lowest BCUT2D eigenvalue weighted by molar-refractivity contribution is -0.130. The van der Waals surface area contributed by atoms with Gasteiger partial charge in [-0.05, 0) is 49.4 Å². The lowest BCUT2D eigenvalue weighted by Crippen LogP contribution is -2.54. The summed E-state index contributed by atoms with van der Waals surface area (Å²) in [5, 5.41) is 5.85. The Morgan fingerprint density at radius 2 is 1.26 bits per heavy atom. The number of ether oxygens (including phenoxy) is 1. The predicted octanol–water partition coefficient (Wildman–Crippen LogP) is 4.13. The minimum atomic E-state index is -0.756. The second kappa shape index (κ2) is 17.8. The zero-order chi connectivity index (χ0) is 25.2. The van der Waals surface area contributed by atoms with Gasteiger partial charge >= 0.3 is 0 Å². The van der Waals surface area contributed by atoms with Crippen molar-refractivity contribution in [3.8, 4) is 5.75 Å². The molecule has 0 spiro atoms. The van der Waals surface area contributed by atoms with Crippen LogP contribution in [0.2, 0.25) is 0 Å². The standard InChI is InChI=1S/C29H35N3O3.ClH.2H2S/c1-20-11-10-12-21(2)27(20)35-19-22(3)31-29(34)26(18-24-15-8-5-9-16-24)32-28(33)25(30)17-23-13-6-4-7-14-23;;;/h4-16,22,25-26H,17-19,30H2,1-3H3,(H,31,34)(H,32,33);1H;2*1H2/t22?,25-,26-;;;/m0.../s1. The Hall–Kier alpha value is -2.65. The molecular weight excluding hydrogens is 538 g/mol. The fourth-order valence-electron chi connectivity index (χ4n) is 3.92. The molecule has 38 heavy (non-hydrogen) atoms. The smallest absolute Gasteiger partial charge is 0.243 e. The van der Waals surface area contributed by atoms with Gasteiger partial charge in [-0.25, -0.2) is 0 Å². The van der Waals surface area contributed by atoms with Crippen molar-refractivity contribution in [3.05, 3.63) is 101 Å². The Bertz CT molecular complexity index is 1100. The first-order valence-electron chi connectivity index (χ1n) is 12.0. The number of nitrogens with two attached hydrogens (primary N) is 1. The maximum atomic E-state index is 13.2. The average Bonchev–Trinajstić information content (AvgIpc) is 2.84. The predicted molar refractivity (Wildman–Crippen MR) is 167 cm³/mol. The van der Waals surface area contributed by atoms with Crippen molar-refractivity contribution in [2.24, 2.45) is 5.73 Å². The van der Waals surface area contributed by atoms with Gasteiger partial charge in [-0.1, -0.05) is 78.9 Å². The second-order valence-electron chi connectivity index (χ2n) is 8.99. The summed E-state index contributed by atoms with van der Waals surface area (Å²) >= 11 is 0. The quantitative estimate of drug-likeness (QED) is 0.319. The van der Waals surface area contributed by atoms with Crippen LogP contribution in [0.25, 0.3) is 0 Å². The van der Waals surface area contributed by atoms with E-state index in [4.69, 9.17) is 10.5 Å². The number of rotatable bonds is 11. The number of hydrogen-bond donors (Lipinski definition) is 3. The van der Waals surface area contributed by atoms with E-state index >= 15 is 0 Å². The second-order valence-corrected chi connectivity index (χ2v) is 8.99. The molecule has 0 aliphatic heterocycles. The van der Waals surface area contributed by atoms with Crippen LogP contribution in [-0.4, -0.2) is 36.5 Å². The summed E-state index contributed by atoms with van der Waals surface area (Å²) in [6, 6.07) is 23.4. The number of halogens is 1. The molecule has 3 atom stereocenters. The van der Waals surface area contributed by atoms with Crippen LogP contribution in [0.15, 0.2) is 78.9 Å². The summed E-state index contributed by atoms with van der Waals surface area (Å²) in [6.45, 7) is 6.19. The SMILES string of the molecule is Cc1cccc(C)c1OCC(C)NC(=O)[C@H](Cc1ccccc1)NC(=O)[C@@H](N)Cc1ccccc1.Cl.S.S. The number of benzene rings is 3. The van der Waals surface area contributed by atoms with Crippen molar-refractivity contribution in [2.45, 2.75) is 51.7 Å². The molecule has 6 nitrogen and oxygen atoms in total. The Labute approximate surface area is 246 Å². The van der Waals surface area contributed by atoms with E-state index in [1.54, 1.807) is 0 Å². The number of hydrogen-bond acceptors (Lipinski definition) is 4. The van der Waals surface area contributed by atoms with E-state index in [1.165, 1.54) is 0 Å². The van der Waals surface area contributed by atoms with Crippen LogP contribution >= 0.6 is 39.4 Å². The van der Waals surface area contributed by atoms with Crippen LogP contribution in [0.5, 0.6) is 5.75 Å². The zero-order valence-electron chi connectivity index (χ0n) is 22.1. The van der Waals surface area contributed by atoms with Gasteiger partial charge in [0.05, 0.1) is 12.1 Å². The van der Waals surface area contributed by atoms with E-state index < -0.39 is 12.1 Å². The Balaban J connectivity index is 0.00000456. The van der Waals surface area contributed by atoms with Crippen LogP contribution in [0.1, 0.15) is 29.2 Å². The Kier molecular flexibility index (Phi) is 16.5. The maximum Gasteiger partial charge on any atom is 0.243 e. The average molecular weight is 578 g/mol. The van der Waals surface area contributed by atoms with Gasteiger partial charge in [-0.2, -0.15) is 27.0 Å². The largest absolute Gasteiger partial charge is 0.491 e. The summed E-state index contributed by atoms with van der Waals surface area (Å²) in [5.74, 6) is 0.200. The van der Waals surface area contributed by atoms with Gasteiger partial charge in [0.2, 0.25) is 11.8 Å². The molecule has 0 aromatic heterocycles. The molecule has 0 aliphatic rings. The first kappa shape index (κ1) is 35.4. The van der Waals surface area contributed by atoms with Gasteiger partial charge in [0, 0.05) is 6.42 Å². The molecule has 1 unspecified atom stereocenters. The highest BCUT2D eigenvalue weighted by Gasteiger charge is 2.25. The summed E-state index contributed by atoms with van der Waals surface area (Å²) in [7, 11) is 0. The number of carbonyl (C=O) groups excluding carboxylic acids is 2. The van der Waals surface area contributed by atoms with Gasteiger partial charge in [-0.15, -0.1) is 12.4 Å². The van der Waals surface area contributed by atoms with Crippen molar-refractivity contribution >= 4 is 51.2 Å². The molecule has 4 N–H and O–H groups in total. The molecule has 3 aromatic carbocycles. The molecule has 208 valence electrons. The maximum absolute atomic E-state index is 13.2. The summed E-state index contributed by atoms with van der Waals surface area (Å²) in [5.41, 5.74) is 10.2. The van der Waals surface area contributed by atoms with Gasteiger partial charge in [-0.3, -0.25) is 9.59 Å². The van der Waals surface area contributed by atoms with Crippen LogP contribution in [0.4, 0.5) is 0 Å². The lowest BCUT2D eigenvalue weighted by atomic mass is 10.0. The minimum absolute atomic E-state index is 0. The van der Waals surface area contributed by atoms with E-state index in [9.17, 15) is 9.59 Å². The highest BCUT2D eigenvalue weighted by molar-refractivity contribution is 7.59. The van der Waals surface area contributed by atoms with E-state index in [1.807, 2.05) is 99.6 Å². The third-order valence-electron chi connectivity index (χ3n) is 5.83. The van der Waals surface area contributed by atoms with E-state index in [-0.39, 0.29) is 57.3 Å². The van der Waals surface area contributed by atoms with Crippen molar-refractivity contribution in [3.63, 3.8) is 0 Å². The van der Waals surface area contributed by atoms with Crippen LogP contribution in [0.3, 0.4) is 0 Å². The first-order valence-corrected chi connectivity index (χ1v) is 12.0. The Morgan fingerprint density at radius 1 is 0.763 bits per heavy atom. The van der Waals surface area contributed by atoms with E-state index in [0.29, 0.717) is 19.4 Å². The lowest BCUT2D eigenvalue weighted by Gasteiger charge is -2.23. The number of aryl methyl sites for hydroxylation is 2. The van der Waals surface area contributed by atoms with Crippen molar-refractivity contribution in [2.75, 3.05) is 6.61 Å². The molecule has 2 amide bonds. The molecule has 0 bridgehead atoms. The summed E-state index contributed by atoms with van der Waals surface area (Å²) in [4.78, 5) is 26.1. The molecule has 0 radical (unpaired) electrons. The minimum Gasteiger partial charge on any atom is -0.491 e. The van der Waals surface area contributed by atoms with Crippen molar-refractivity contribution < 1.29 is 14.3 Å². The molecule has 0 saturated carbocycles. The number of para-hydroxylation sites is 1. The van der Waals surface area contributed by atoms with E-state index in [0.717, 1.165) is 28.0 Å². The first-order chi connectivity index (χ1) is 16.8. The molecular formula is C29H40ClN3O3S2. The summed E-state index contributed by atoms with van der Waals surface area (Å²) < 4.78 is 5.99. The monoisotopic (exact) mass is 577 g/mol. The van der Waals surface area contributed by atoms with Gasteiger partial charge in [0.1, 0.15) is 18.4 Å². The molecule has 3 rings (SSSR count). The molecule has 3 aromatic rings. The van der Waals surface area contributed by atoms with Crippen molar-refractivity contribution in [1.29, 1.82) is 0 Å². The molecule has 0 aliphatic carbocycles. The van der Waals surface area contributed by atoms with Crippen molar-refractivity contribution in [1.82, 2.24) is 10.6 Å². The molecule has 0 saturated heterocycles. The fraction of sp³-hybridized carbons (Fsp3) is 0.310. The third kappa shape index (κ3) is 11.0. The summed E-state index contributed by atoms with van der Waals surface area (Å²) in [6.07, 6.45) is 0.757. The van der Waals surface area contributed by atoms with Gasteiger partial charge < -0.3 is 21.1 Å². The molecule has 9 heteroatoms. The highest BCUT2D eigenvalue weighted by Crippen LogP contribution is 2.22. The third-order valence-corrected chi connectivity index (χ3v) is 5.83. The zero-order valence-corrected chi connectivity index (χ0v) is 24.9. The van der Waals surface area contributed by atoms with Crippen LogP contribution in [-0.2, 0) is 22.4 Å². The normalized spacial score (nSPS) is 12.3. The number of nitrogens with one attached hydrogen (secondary N) is 2. The van der Waals surface area contributed by atoms with Crippen LogP contribution in [0, 0.1) is 13.8 Å². The van der Waals surface area contributed by atoms with Gasteiger partial charge in [0.15, 0.2) is 0 Å². The van der Waals surface area contributed by atoms with Crippen LogP contribution < -0.4 is 21.1 Å². The fourth-order valence-corrected chi connectivity index (χ4v) is 3.92.